The lowest BCUT2D eigenvalue weighted by Crippen LogP contribution is -2.24. The van der Waals surface area contributed by atoms with Crippen molar-refractivity contribution in [3.8, 4) is 11.5 Å². The molecule has 6 nitrogen and oxygen atoms in total. The van der Waals surface area contributed by atoms with Gasteiger partial charge in [-0.1, -0.05) is 12.1 Å². The van der Waals surface area contributed by atoms with Gasteiger partial charge in [0.2, 0.25) is 11.8 Å². The normalized spacial score (nSPS) is 19.2. The van der Waals surface area contributed by atoms with Crippen molar-refractivity contribution in [3.05, 3.63) is 48.0 Å². The SMILES string of the molecule is COc1ccc(C2CC(=O)N(c3cccc(NC(C)=O)c3)C2)cc1OC1CCCC1. The molecule has 0 aromatic heterocycles. The van der Waals surface area contributed by atoms with E-state index in [1.54, 1.807) is 12.0 Å². The maximum absolute atomic E-state index is 12.8. The molecule has 1 heterocycles. The smallest absolute Gasteiger partial charge is 0.227 e. The van der Waals surface area contributed by atoms with Crippen LogP contribution in [-0.2, 0) is 9.59 Å². The molecule has 0 radical (unpaired) electrons. The Hall–Kier alpha value is -3.02. The molecule has 30 heavy (non-hydrogen) atoms. The van der Waals surface area contributed by atoms with E-state index in [-0.39, 0.29) is 23.8 Å². The van der Waals surface area contributed by atoms with Gasteiger partial charge in [0.25, 0.3) is 0 Å². The van der Waals surface area contributed by atoms with Crippen LogP contribution in [-0.4, -0.2) is 31.6 Å². The van der Waals surface area contributed by atoms with E-state index >= 15 is 0 Å². The number of amides is 2. The van der Waals surface area contributed by atoms with Gasteiger partial charge in [-0.25, -0.2) is 0 Å². The first-order valence-electron chi connectivity index (χ1n) is 10.6. The van der Waals surface area contributed by atoms with Crippen LogP contribution < -0.4 is 19.7 Å². The zero-order valence-corrected chi connectivity index (χ0v) is 17.5. The van der Waals surface area contributed by atoms with Crippen LogP contribution in [0.4, 0.5) is 11.4 Å². The molecule has 2 aliphatic rings. The molecule has 0 bridgehead atoms. The van der Waals surface area contributed by atoms with Crippen LogP contribution in [0.5, 0.6) is 11.5 Å². The van der Waals surface area contributed by atoms with Crippen molar-refractivity contribution in [1.29, 1.82) is 0 Å². The average molecular weight is 408 g/mol. The number of ether oxygens (including phenoxy) is 2. The lowest BCUT2D eigenvalue weighted by atomic mass is 9.98. The van der Waals surface area contributed by atoms with Crippen molar-refractivity contribution in [3.63, 3.8) is 0 Å². The fourth-order valence-electron chi connectivity index (χ4n) is 4.36. The Balaban J connectivity index is 1.53. The summed E-state index contributed by atoms with van der Waals surface area (Å²) in [5.41, 5.74) is 2.57. The average Bonchev–Trinajstić information content (AvgIpc) is 3.37. The molecule has 1 atom stereocenters. The second kappa shape index (κ2) is 8.78. The number of methoxy groups -OCH3 is 1. The van der Waals surface area contributed by atoms with Gasteiger partial charge in [-0.05, 0) is 61.6 Å². The first-order valence-corrected chi connectivity index (χ1v) is 10.6. The number of carbonyl (C=O) groups is 2. The number of benzene rings is 2. The highest BCUT2D eigenvalue weighted by atomic mass is 16.5. The van der Waals surface area contributed by atoms with Crippen LogP contribution in [0.3, 0.4) is 0 Å². The Labute approximate surface area is 177 Å². The Morgan fingerprint density at radius 3 is 2.63 bits per heavy atom. The molecular formula is C24H28N2O4. The summed E-state index contributed by atoms with van der Waals surface area (Å²) in [6, 6.07) is 13.4. The summed E-state index contributed by atoms with van der Waals surface area (Å²) in [6.45, 7) is 2.07. The van der Waals surface area contributed by atoms with E-state index in [1.165, 1.54) is 19.8 Å². The van der Waals surface area contributed by atoms with Crippen LogP contribution in [0.15, 0.2) is 42.5 Å². The summed E-state index contributed by atoms with van der Waals surface area (Å²) in [5.74, 6) is 1.52. The molecule has 1 N–H and O–H groups in total. The molecule has 2 aromatic carbocycles. The monoisotopic (exact) mass is 408 g/mol. The van der Waals surface area contributed by atoms with E-state index in [0.717, 1.165) is 35.6 Å². The molecule has 2 fully saturated rings. The molecule has 1 saturated carbocycles. The minimum Gasteiger partial charge on any atom is -0.493 e. The summed E-state index contributed by atoms with van der Waals surface area (Å²) in [6.07, 6.45) is 5.25. The van der Waals surface area contributed by atoms with E-state index in [9.17, 15) is 9.59 Å². The highest BCUT2D eigenvalue weighted by Gasteiger charge is 2.32. The van der Waals surface area contributed by atoms with Gasteiger partial charge in [-0.3, -0.25) is 9.59 Å². The van der Waals surface area contributed by atoms with Gasteiger partial charge in [-0.2, -0.15) is 0 Å². The quantitative estimate of drug-likeness (QED) is 0.764. The summed E-state index contributed by atoms with van der Waals surface area (Å²) in [4.78, 5) is 25.9. The number of hydrogen-bond acceptors (Lipinski definition) is 4. The summed E-state index contributed by atoms with van der Waals surface area (Å²) in [7, 11) is 1.65. The number of rotatable bonds is 6. The van der Waals surface area contributed by atoms with Crippen LogP contribution >= 0.6 is 0 Å². The Kier molecular flexibility index (Phi) is 5.93. The summed E-state index contributed by atoms with van der Waals surface area (Å²) < 4.78 is 11.7. The van der Waals surface area contributed by atoms with Crippen molar-refractivity contribution in [1.82, 2.24) is 0 Å². The third-order valence-corrected chi connectivity index (χ3v) is 5.86. The summed E-state index contributed by atoms with van der Waals surface area (Å²) >= 11 is 0. The zero-order chi connectivity index (χ0) is 21.1. The minimum atomic E-state index is -0.134. The van der Waals surface area contributed by atoms with E-state index in [0.29, 0.717) is 18.7 Å². The number of carbonyl (C=O) groups excluding carboxylic acids is 2. The molecule has 2 aromatic rings. The van der Waals surface area contributed by atoms with Crippen molar-refractivity contribution in [2.45, 2.75) is 51.0 Å². The number of hydrogen-bond donors (Lipinski definition) is 1. The second-order valence-corrected chi connectivity index (χ2v) is 8.07. The number of nitrogens with zero attached hydrogens (tertiary/aromatic N) is 1. The fourth-order valence-corrected chi connectivity index (χ4v) is 4.36. The minimum absolute atomic E-state index is 0.0778. The third-order valence-electron chi connectivity index (χ3n) is 5.86. The van der Waals surface area contributed by atoms with Crippen LogP contribution in [0, 0.1) is 0 Å². The van der Waals surface area contributed by atoms with Gasteiger partial charge < -0.3 is 19.7 Å². The maximum Gasteiger partial charge on any atom is 0.227 e. The lowest BCUT2D eigenvalue weighted by molar-refractivity contribution is -0.117. The molecule has 1 saturated heterocycles. The Morgan fingerprint density at radius 1 is 1.10 bits per heavy atom. The highest BCUT2D eigenvalue weighted by Crippen LogP contribution is 2.38. The second-order valence-electron chi connectivity index (χ2n) is 8.07. The Morgan fingerprint density at radius 2 is 1.90 bits per heavy atom. The van der Waals surface area contributed by atoms with Gasteiger partial charge in [-0.15, -0.1) is 0 Å². The van der Waals surface area contributed by atoms with Crippen LogP contribution in [0.25, 0.3) is 0 Å². The van der Waals surface area contributed by atoms with Gasteiger partial charge in [0, 0.05) is 37.2 Å². The molecular weight excluding hydrogens is 380 g/mol. The maximum atomic E-state index is 12.8. The van der Waals surface area contributed by atoms with Gasteiger partial charge >= 0.3 is 0 Å². The first kappa shape index (κ1) is 20.3. The molecule has 0 spiro atoms. The zero-order valence-electron chi connectivity index (χ0n) is 17.5. The van der Waals surface area contributed by atoms with Crippen molar-refractivity contribution >= 4 is 23.2 Å². The molecule has 6 heteroatoms. The van der Waals surface area contributed by atoms with Crippen LogP contribution in [0.2, 0.25) is 0 Å². The third kappa shape index (κ3) is 4.42. The van der Waals surface area contributed by atoms with Crippen molar-refractivity contribution in [2.24, 2.45) is 0 Å². The predicted octanol–water partition coefficient (Wildman–Crippen LogP) is 4.50. The molecule has 1 aliphatic carbocycles. The van der Waals surface area contributed by atoms with Crippen molar-refractivity contribution in [2.75, 3.05) is 23.9 Å². The van der Waals surface area contributed by atoms with Crippen molar-refractivity contribution < 1.29 is 19.1 Å². The standard InChI is InChI=1S/C24H28N2O4/c1-16(27)25-19-6-5-7-20(14-19)26-15-18(13-24(26)28)17-10-11-22(29-2)23(12-17)30-21-8-3-4-9-21/h5-7,10-12,14,18,21H,3-4,8-9,13,15H2,1-2H3,(H,25,27). The molecule has 1 unspecified atom stereocenters. The van der Waals surface area contributed by atoms with Gasteiger partial charge in [0.05, 0.1) is 13.2 Å². The highest BCUT2D eigenvalue weighted by molar-refractivity contribution is 5.97. The van der Waals surface area contributed by atoms with Gasteiger partial charge in [0.1, 0.15) is 0 Å². The topological polar surface area (TPSA) is 67.9 Å². The summed E-state index contributed by atoms with van der Waals surface area (Å²) in [5, 5.41) is 2.77. The van der Waals surface area contributed by atoms with E-state index in [2.05, 4.69) is 5.32 Å². The fraction of sp³-hybridized carbons (Fsp3) is 0.417. The van der Waals surface area contributed by atoms with E-state index < -0.39 is 0 Å². The molecule has 4 rings (SSSR count). The molecule has 2 amide bonds. The number of nitrogens with one attached hydrogen (secondary N) is 1. The lowest BCUT2D eigenvalue weighted by Gasteiger charge is -2.20. The van der Waals surface area contributed by atoms with E-state index in [1.807, 2.05) is 42.5 Å². The predicted molar refractivity (Wildman–Crippen MR) is 116 cm³/mol. The largest absolute Gasteiger partial charge is 0.493 e. The molecule has 158 valence electrons. The first-order chi connectivity index (χ1) is 14.5. The van der Waals surface area contributed by atoms with E-state index in [4.69, 9.17) is 9.47 Å². The molecule has 1 aliphatic heterocycles. The van der Waals surface area contributed by atoms with Crippen LogP contribution in [0.1, 0.15) is 50.5 Å². The van der Waals surface area contributed by atoms with Gasteiger partial charge in [0.15, 0.2) is 11.5 Å². The Bertz CT molecular complexity index is 937. The number of anilines is 2.